The van der Waals surface area contributed by atoms with Crippen molar-refractivity contribution in [1.29, 1.82) is 15.8 Å². The molecule has 8 nitrogen and oxygen atoms in total. The van der Waals surface area contributed by atoms with Crippen LogP contribution < -0.4 is 0 Å². The van der Waals surface area contributed by atoms with Crippen molar-refractivity contribution in [1.82, 2.24) is 24.1 Å². The number of hydrogen-bond donors (Lipinski definition) is 0. The third-order valence-corrected chi connectivity index (χ3v) is 15.8. The first-order valence-electron chi connectivity index (χ1n) is 27.5. The Morgan fingerprint density at radius 1 is 0.305 bits per heavy atom. The van der Waals surface area contributed by atoms with E-state index in [9.17, 15) is 15.8 Å². The highest BCUT2D eigenvalue weighted by molar-refractivity contribution is 6.11. The molecule has 390 valence electrons. The van der Waals surface area contributed by atoms with Crippen LogP contribution in [0.3, 0.4) is 0 Å². The molecular formula is C74H54N8. The number of nitriles is 3. The Balaban J connectivity index is 1.15. The summed E-state index contributed by atoms with van der Waals surface area (Å²) in [5.41, 5.74) is 17.4. The van der Waals surface area contributed by atoms with E-state index >= 15 is 0 Å². The lowest BCUT2D eigenvalue weighted by atomic mass is 9.86. The van der Waals surface area contributed by atoms with Gasteiger partial charge >= 0.3 is 0 Å². The fourth-order valence-electron chi connectivity index (χ4n) is 11.5. The van der Waals surface area contributed by atoms with Crippen molar-refractivity contribution in [2.45, 2.75) is 52.4 Å². The summed E-state index contributed by atoms with van der Waals surface area (Å²) in [6.07, 6.45) is 0. The molecule has 0 N–H and O–H groups in total. The minimum Gasteiger partial charge on any atom is -0.308 e. The topological polar surface area (TPSA) is 120 Å². The zero-order valence-corrected chi connectivity index (χ0v) is 46.4. The Morgan fingerprint density at radius 2 is 0.671 bits per heavy atom. The molecule has 10 aromatic carbocycles. The minimum absolute atomic E-state index is 0.0928. The highest BCUT2D eigenvalue weighted by Crippen LogP contribution is 2.44. The molecule has 0 aliphatic rings. The molecule has 13 rings (SSSR count). The molecule has 0 fully saturated rings. The lowest BCUT2D eigenvalue weighted by Gasteiger charge is -2.20. The third-order valence-electron chi connectivity index (χ3n) is 15.8. The van der Waals surface area contributed by atoms with Crippen LogP contribution in [-0.2, 0) is 10.8 Å². The number of fused-ring (bicyclic) bond motifs is 6. The number of hydrogen-bond acceptors (Lipinski definition) is 6. The maximum Gasteiger partial charge on any atom is 0.166 e. The minimum atomic E-state index is -0.0928. The van der Waals surface area contributed by atoms with Crippen LogP contribution in [0.2, 0.25) is 0 Å². The predicted octanol–water partition coefficient (Wildman–Crippen LogP) is 18.3. The van der Waals surface area contributed by atoms with Gasteiger partial charge in [-0.05, 0) is 152 Å². The fraction of sp³-hybridized carbons (Fsp3) is 0.108. The summed E-state index contributed by atoms with van der Waals surface area (Å²) in [5, 5.41) is 34.8. The third kappa shape index (κ3) is 8.92. The molecule has 0 amide bonds. The quantitative estimate of drug-likeness (QED) is 0.149. The monoisotopic (exact) mass is 1050 g/mol. The molecule has 0 aliphatic carbocycles. The maximum absolute atomic E-state index is 10.1. The van der Waals surface area contributed by atoms with Gasteiger partial charge < -0.3 is 9.13 Å². The summed E-state index contributed by atoms with van der Waals surface area (Å²) >= 11 is 0. The van der Waals surface area contributed by atoms with E-state index in [1.54, 1.807) is 0 Å². The van der Waals surface area contributed by atoms with Crippen molar-refractivity contribution < 1.29 is 0 Å². The van der Waals surface area contributed by atoms with Crippen LogP contribution in [-0.4, -0.2) is 24.1 Å². The van der Waals surface area contributed by atoms with Crippen LogP contribution in [0.4, 0.5) is 0 Å². The van der Waals surface area contributed by atoms with Crippen molar-refractivity contribution in [2.24, 2.45) is 0 Å². The largest absolute Gasteiger partial charge is 0.308 e. The molecule has 0 saturated heterocycles. The molecule has 3 aromatic heterocycles. The second kappa shape index (κ2) is 19.9. The van der Waals surface area contributed by atoms with Gasteiger partial charge in [0.05, 0.1) is 68.3 Å². The van der Waals surface area contributed by atoms with Gasteiger partial charge in [-0.15, -0.1) is 0 Å². The van der Waals surface area contributed by atoms with E-state index in [1.807, 2.05) is 97.1 Å². The molecule has 0 atom stereocenters. The van der Waals surface area contributed by atoms with Gasteiger partial charge in [0.15, 0.2) is 17.5 Å². The molecular weight excluding hydrogens is 1000 g/mol. The summed E-state index contributed by atoms with van der Waals surface area (Å²) in [4.78, 5) is 16.8. The number of benzene rings is 10. The lowest BCUT2D eigenvalue weighted by molar-refractivity contribution is 0.591. The number of para-hydroxylation sites is 2. The number of rotatable bonds is 8. The van der Waals surface area contributed by atoms with Gasteiger partial charge in [0.1, 0.15) is 0 Å². The van der Waals surface area contributed by atoms with Gasteiger partial charge in [0, 0.05) is 38.2 Å². The average Bonchev–Trinajstić information content (AvgIpc) is 3.02. The summed E-state index contributed by atoms with van der Waals surface area (Å²) in [6.45, 7) is 13.5. The average molecular weight is 1060 g/mol. The van der Waals surface area contributed by atoms with Crippen molar-refractivity contribution in [3.05, 3.63) is 246 Å². The van der Waals surface area contributed by atoms with Crippen molar-refractivity contribution in [3.8, 4) is 97.1 Å². The first-order valence-corrected chi connectivity index (χ1v) is 27.5. The Labute approximate surface area is 476 Å². The number of aromatic nitrogens is 5. The molecule has 82 heavy (non-hydrogen) atoms. The summed E-state index contributed by atoms with van der Waals surface area (Å²) in [5.74, 6) is 1.33. The van der Waals surface area contributed by atoms with E-state index in [0.29, 0.717) is 34.2 Å². The Morgan fingerprint density at radius 3 is 1.11 bits per heavy atom. The molecule has 13 aromatic rings. The zero-order chi connectivity index (χ0) is 56.4. The second-order valence-electron chi connectivity index (χ2n) is 23.1. The zero-order valence-electron chi connectivity index (χ0n) is 46.4. The highest BCUT2D eigenvalue weighted by Gasteiger charge is 2.26. The van der Waals surface area contributed by atoms with Crippen LogP contribution in [0.5, 0.6) is 0 Å². The molecule has 0 spiro atoms. The van der Waals surface area contributed by atoms with Crippen LogP contribution in [0.1, 0.15) is 69.4 Å². The normalized spacial score (nSPS) is 11.7. The van der Waals surface area contributed by atoms with E-state index in [-0.39, 0.29) is 10.8 Å². The van der Waals surface area contributed by atoms with Crippen molar-refractivity contribution in [2.75, 3.05) is 0 Å². The van der Waals surface area contributed by atoms with Crippen LogP contribution in [0.15, 0.2) is 218 Å². The molecule has 0 bridgehead atoms. The molecule has 0 radical (unpaired) electrons. The highest BCUT2D eigenvalue weighted by atomic mass is 15.1. The van der Waals surface area contributed by atoms with Crippen LogP contribution in [0.25, 0.3) is 123 Å². The second-order valence-corrected chi connectivity index (χ2v) is 23.1. The molecule has 0 aliphatic heterocycles. The smallest absolute Gasteiger partial charge is 0.166 e. The van der Waals surface area contributed by atoms with Gasteiger partial charge in [-0.1, -0.05) is 163 Å². The van der Waals surface area contributed by atoms with E-state index < -0.39 is 0 Å². The molecule has 3 heterocycles. The molecule has 0 unspecified atom stereocenters. The van der Waals surface area contributed by atoms with Crippen LogP contribution >= 0.6 is 0 Å². The Hall–Kier alpha value is -10.7. The molecule has 8 heteroatoms. The predicted molar refractivity (Wildman–Crippen MR) is 333 cm³/mol. The number of nitrogens with zero attached hydrogens (tertiary/aromatic N) is 8. The standard InChI is InChI=1S/C74H54N8/c1-73(2,3)54-30-34-66-62(41-54)57-23-9-11-26-64(57)81(66)68-39-51(49-19-13-16-46(36-49)43-75)28-32-60(68)71-78-70(59-25-8-7-22-56(59)53-21-15-18-48(38-53)45-77)79-72(80-71)61-33-29-52(50-20-14-17-47(37-50)44-76)40-69(61)82-65-27-12-10-24-58(65)63-42-55(74(4,5)6)31-35-67(63)82/h7-42H,1-6H3. The van der Waals surface area contributed by atoms with Gasteiger partial charge in [-0.2, -0.15) is 15.8 Å². The van der Waals surface area contributed by atoms with Gasteiger partial charge in [0.25, 0.3) is 0 Å². The first-order chi connectivity index (χ1) is 39.8. The maximum atomic E-state index is 10.1. The van der Waals surface area contributed by atoms with Gasteiger partial charge in [-0.3, -0.25) is 0 Å². The lowest BCUT2D eigenvalue weighted by Crippen LogP contribution is -2.10. The van der Waals surface area contributed by atoms with Crippen molar-refractivity contribution >= 4 is 43.6 Å². The van der Waals surface area contributed by atoms with Gasteiger partial charge in [-0.25, -0.2) is 15.0 Å². The van der Waals surface area contributed by atoms with E-state index in [2.05, 4.69) is 190 Å². The summed E-state index contributed by atoms with van der Waals surface area (Å²) in [7, 11) is 0. The van der Waals surface area contributed by atoms with Gasteiger partial charge in [0.2, 0.25) is 0 Å². The Bertz CT molecular complexity index is 4630. The fourth-order valence-corrected chi connectivity index (χ4v) is 11.5. The summed E-state index contributed by atoms with van der Waals surface area (Å²) < 4.78 is 4.65. The molecule has 0 saturated carbocycles. The van der Waals surface area contributed by atoms with Crippen molar-refractivity contribution in [3.63, 3.8) is 0 Å². The van der Waals surface area contributed by atoms with Crippen LogP contribution in [0, 0.1) is 34.0 Å². The SMILES string of the molecule is CC(C)(C)c1ccc2c(c1)c1ccccc1n2-c1cc(-c2cccc(C#N)c2)ccc1-c1nc(-c2ccccc2-c2cccc(C#N)c2)nc(-c2ccc(-c3cccc(C#N)c3)cc2-n2c3ccccc3c3cc(C(C)(C)C)ccc32)n1. The van der Waals surface area contributed by atoms with E-state index in [1.165, 1.54) is 11.1 Å². The van der Waals surface area contributed by atoms with E-state index in [0.717, 1.165) is 105 Å². The Kier molecular flexibility index (Phi) is 12.3. The first kappa shape index (κ1) is 50.8. The summed E-state index contributed by atoms with van der Waals surface area (Å²) in [6, 6.07) is 81.6. The van der Waals surface area contributed by atoms with E-state index in [4.69, 9.17) is 15.0 Å².